The fourth-order valence-electron chi connectivity index (χ4n) is 2.24. The summed E-state index contributed by atoms with van der Waals surface area (Å²) >= 11 is 0. The predicted molar refractivity (Wildman–Crippen MR) is 95.5 cm³/mol. The van der Waals surface area contributed by atoms with Gasteiger partial charge in [0, 0.05) is 39.4 Å². The van der Waals surface area contributed by atoms with Gasteiger partial charge in [-0.1, -0.05) is 25.8 Å². The zero-order chi connectivity index (χ0) is 16.2. The molecule has 0 atom stereocenters. The lowest BCUT2D eigenvalue weighted by atomic mass is 10.2. The highest BCUT2D eigenvalue weighted by Gasteiger charge is 2.03. The van der Waals surface area contributed by atoms with Gasteiger partial charge in [0.2, 0.25) is 0 Å². The van der Waals surface area contributed by atoms with Crippen molar-refractivity contribution >= 4 is 11.8 Å². The Bertz CT molecular complexity index is 423. The van der Waals surface area contributed by atoms with Gasteiger partial charge < -0.3 is 15.5 Å². The largest absolute Gasteiger partial charge is 0.357 e. The lowest BCUT2D eigenvalue weighted by Crippen LogP contribution is -2.37. The van der Waals surface area contributed by atoms with E-state index < -0.39 is 0 Å². The molecule has 124 valence electrons. The van der Waals surface area contributed by atoms with Gasteiger partial charge in [-0.15, -0.1) is 0 Å². The van der Waals surface area contributed by atoms with Crippen LogP contribution in [0.15, 0.2) is 23.3 Å². The van der Waals surface area contributed by atoms with E-state index in [0.29, 0.717) is 0 Å². The van der Waals surface area contributed by atoms with Crippen molar-refractivity contribution in [3.05, 3.63) is 23.9 Å². The maximum absolute atomic E-state index is 4.54. The average Bonchev–Trinajstić information content (AvgIpc) is 2.56. The molecule has 0 aliphatic carbocycles. The maximum atomic E-state index is 4.54. The molecule has 0 fully saturated rings. The Kier molecular flexibility index (Phi) is 9.03. The number of pyridine rings is 1. The van der Waals surface area contributed by atoms with Crippen molar-refractivity contribution in [1.29, 1.82) is 0 Å². The first-order valence-electron chi connectivity index (χ1n) is 8.39. The van der Waals surface area contributed by atoms with E-state index in [0.717, 1.165) is 43.5 Å². The Balaban J connectivity index is 2.43. The van der Waals surface area contributed by atoms with Crippen LogP contribution in [0.2, 0.25) is 0 Å². The summed E-state index contributed by atoms with van der Waals surface area (Å²) in [5.41, 5.74) is 1.16. The fraction of sp³-hybridized carbons (Fsp3) is 0.647. The quantitative estimate of drug-likeness (QED) is 0.418. The Labute approximate surface area is 135 Å². The third kappa shape index (κ3) is 6.33. The van der Waals surface area contributed by atoms with Crippen LogP contribution >= 0.6 is 0 Å². The Morgan fingerprint density at radius 2 is 1.91 bits per heavy atom. The molecule has 0 unspecified atom stereocenters. The lowest BCUT2D eigenvalue weighted by molar-refractivity contribution is 0.682. The molecule has 1 heterocycles. The minimum Gasteiger partial charge on any atom is -0.357 e. The van der Waals surface area contributed by atoms with Crippen molar-refractivity contribution < 1.29 is 0 Å². The monoisotopic (exact) mass is 305 g/mol. The lowest BCUT2D eigenvalue weighted by Gasteiger charge is -2.19. The van der Waals surface area contributed by atoms with Gasteiger partial charge in [-0.2, -0.15) is 0 Å². The van der Waals surface area contributed by atoms with Gasteiger partial charge in [0.1, 0.15) is 5.82 Å². The zero-order valence-electron chi connectivity index (χ0n) is 14.5. The van der Waals surface area contributed by atoms with Gasteiger partial charge in [0.25, 0.3) is 0 Å². The van der Waals surface area contributed by atoms with Gasteiger partial charge in [-0.3, -0.25) is 4.99 Å². The number of guanidine groups is 1. The number of rotatable bonds is 9. The molecule has 0 spiro atoms. The molecule has 0 aliphatic heterocycles. The van der Waals surface area contributed by atoms with Crippen LogP contribution in [0.1, 0.15) is 45.6 Å². The highest BCUT2D eigenvalue weighted by Crippen LogP contribution is 2.10. The number of anilines is 1. The van der Waals surface area contributed by atoms with E-state index in [4.69, 9.17) is 0 Å². The number of nitrogens with zero attached hydrogens (tertiary/aromatic N) is 3. The SMILES string of the molecule is CCCCCNC(=NC)NCc1ccc(N(CC)CC)nc1. The predicted octanol–water partition coefficient (Wildman–Crippen LogP) is 2.78. The average molecular weight is 305 g/mol. The molecule has 22 heavy (non-hydrogen) atoms. The Morgan fingerprint density at radius 1 is 1.14 bits per heavy atom. The Morgan fingerprint density at radius 3 is 2.45 bits per heavy atom. The van der Waals surface area contributed by atoms with Gasteiger partial charge in [0.15, 0.2) is 5.96 Å². The van der Waals surface area contributed by atoms with E-state index in [1.54, 1.807) is 7.05 Å². The molecule has 0 saturated carbocycles. The van der Waals surface area contributed by atoms with Gasteiger partial charge in [-0.05, 0) is 31.9 Å². The highest BCUT2D eigenvalue weighted by molar-refractivity contribution is 5.79. The van der Waals surface area contributed by atoms with E-state index >= 15 is 0 Å². The summed E-state index contributed by atoms with van der Waals surface area (Å²) in [6, 6.07) is 4.21. The van der Waals surface area contributed by atoms with Crippen molar-refractivity contribution in [1.82, 2.24) is 15.6 Å². The molecule has 1 rings (SSSR count). The second-order valence-electron chi connectivity index (χ2n) is 5.26. The molecule has 1 aromatic rings. The van der Waals surface area contributed by atoms with Crippen LogP contribution in [0.3, 0.4) is 0 Å². The normalized spacial score (nSPS) is 11.4. The summed E-state index contributed by atoms with van der Waals surface area (Å²) in [6.45, 7) is 10.2. The first kappa shape index (κ1) is 18.3. The number of hydrogen-bond donors (Lipinski definition) is 2. The standard InChI is InChI=1S/C17H31N5/c1-5-8-9-12-19-17(18-4)21-14-15-10-11-16(20-13-15)22(6-2)7-3/h10-11,13H,5-9,12,14H2,1-4H3,(H2,18,19,21). The number of aliphatic imine (C=N–C) groups is 1. The van der Waals surface area contributed by atoms with E-state index in [-0.39, 0.29) is 0 Å². The summed E-state index contributed by atoms with van der Waals surface area (Å²) in [5.74, 6) is 1.89. The summed E-state index contributed by atoms with van der Waals surface area (Å²) in [4.78, 5) is 11.0. The van der Waals surface area contributed by atoms with Crippen LogP contribution < -0.4 is 15.5 Å². The molecular formula is C17H31N5. The molecule has 1 aromatic heterocycles. The minimum atomic E-state index is 0.735. The highest BCUT2D eigenvalue weighted by atomic mass is 15.2. The van der Waals surface area contributed by atoms with E-state index in [1.807, 2.05) is 6.20 Å². The van der Waals surface area contributed by atoms with Crippen LogP contribution in [-0.2, 0) is 6.54 Å². The minimum absolute atomic E-state index is 0.735. The van der Waals surface area contributed by atoms with Gasteiger partial charge in [0.05, 0.1) is 0 Å². The second kappa shape index (κ2) is 10.9. The van der Waals surface area contributed by atoms with E-state index in [1.165, 1.54) is 19.3 Å². The zero-order valence-corrected chi connectivity index (χ0v) is 14.5. The van der Waals surface area contributed by atoms with Crippen molar-refractivity contribution in [3.8, 4) is 0 Å². The van der Waals surface area contributed by atoms with Crippen molar-refractivity contribution in [2.45, 2.75) is 46.6 Å². The first-order valence-corrected chi connectivity index (χ1v) is 8.39. The van der Waals surface area contributed by atoms with Crippen LogP contribution in [-0.4, -0.2) is 37.6 Å². The van der Waals surface area contributed by atoms with Crippen LogP contribution in [0.5, 0.6) is 0 Å². The summed E-state index contributed by atoms with van der Waals surface area (Å²) in [6.07, 6.45) is 5.60. The molecule has 0 aromatic carbocycles. The van der Waals surface area contributed by atoms with Gasteiger partial charge >= 0.3 is 0 Å². The van der Waals surface area contributed by atoms with Crippen molar-refractivity contribution in [3.63, 3.8) is 0 Å². The maximum Gasteiger partial charge on any atom is 0.191 e. The molecule has 0 saturated heterocycles. The van der Waals surface area contributed by atoms with Crippen LogP contribution in [0.4, 0.5) is 5.82 Å². The third-order valence-electron chi connectivity index (χ3n) is 3.65. The molecule has 0 amide bonds. The number of nitrogens with one attached hydrogen (secondary N) is 2. The molecular weight excluding hydrogens is 274 g/mol. The molecule has 0 bridgehead atoms. The molecule has 0 aliphatic rings. The summed E-state index contributed by atoms with van der Waals surface area (Å²) in [5, 5.41) is 6.66. The Hall–Kier alpha value is -1.78. The van der Waals surface area contributed by atoms with Crippen molar-refractivity contribution in [2.24, 2.45) is 4.99 Å². The van der Waals surface area contributed by atoms with Crippen LogP contribution in [0, 0.1) is 0 Å². The first-order chi connectivity index (χ1) is 10.7. The van der Waals surface area contributed by atoms with Crippen molar-refractivity contribution in [2.75, 3.05) is 31.6 Å². The summed E-state index contributed by atoms with van der Waals surface area (Å²) in [7, 11) is 1.80. The topological polar surface area (TPSA) is 52.6 Å². The second-order valence-corrected chi connectivity index (χ2v) is 5.26. The number of hydrogen-bond acceptors (Lipinski definition) is 3. The molecule has 5 heteroatoms. The van der Waals surface area contributed by atoms with E-state index in [2.05, 4.69) is 58.4 Å². The van der Waals surface area contributed by atoms with Crippen LogP contribution in [0.25, 0.3) is 0 Å². The number of aromatic nitrogens is 1. The molecule has 2 N–H and O–H groups in total. The molecule has 5 nitrogen and oxygen atoms in total. The molecule has 0 radical (unpaired) electrons. The smallest absolute Gasteiger partial charge is 0.191 e. The summed E-state index contributed by atoms with van der Waals surface area (Å²) < 4.78 is 0. The third-order valence-corrected chi connectivity index (χ3v) is 3.65. The number of unbranched alkanes of at least 4 members (excludes halogenated alkanes) is 2. The fourth-order valence-corrected chi connectivity index (χ4v) is 2.24. The van der Waals surface area contributed by atoms with Gasteiger partial charge in [-0.25, -0.2) is 4.98 Å². The van der Waals surface area contributed by atoms with E-state index in [9.17, 15) is 0 Å².